The van der Waals surface area contributed by atoms with Crippen LogP contribution in [-0.2, 0) is 4.74 Å². The summed E-state index contributed by atoms with van der Waals surface area (Å²) in [5, 5.41) is 3.25. The van der Waals surface area contributed by atoms with Gasteiger partial charge in [-0.15, -0.1) is 0 Å². The van der Waals surface area contributed by atoms with E-state index in [0.717, 1.165) is 26.2 Å². The van der Waals surface area contributed by atoms with Crippen molar-refractivity contribution in [2.24, 2.45) is 0 Å². The Morgan fingerprint density at radius 2 is 2.38 bits per heavy atom. The van der Waals surface area contributed by atoms with Crippen LogP contribution in [0.4, 0.5) is 0 Å². The molecule has 0 aromatic rings. The molecule has 1 fully saturated rings. The monoisotopic (exact) mass is 186 g/mol. The van der Waals surface area contributed by atoms with Crippen molar-refractivity contribution in [3.8, 4) is 0 Å². The Labute approximate surface area is 81.4 Å². The van der Waals surface area contributed by atoms with Gasteiger partial charge in [0.25, 0.3) is 0 Å². The summed E-state index contributed by atoms with van der Waals surface area (Å²) in [7, 11) is 2.02. The van der Waals surface area contributed by atoms with Crippen molar-refractivity contribution in [3.05, 3.63) is 0 Å². The Morgan fingerprint density at radius 1 is 1.62 bits per heavy atom. The summed E-state index contributed by atoms with van der Waals surface area (Å²) in [5.74, 6) is 0. The van der Waals surface area contributed by atoms with Gasteiger partial charge in [0.05, 0.1) is 12.7 Å². The Bertz CT molecular complexity index is 141. The average molecular weight is 186 g/mol. The molecule has 0 amide bonds. The number of likely N-dealkylation sites (N-methyl/N-ethyl adjacent to an activating group) is 1. The Balaban J connectivity index is 2.37. The molecule has 1 aliphatic rings. The van der Waals surface area contributed by atoms with E-state index < -0.39 is 0 Å². The molecule has 78 valence electrons. The third kappa shape index (κ3) is 3.25. The molecule has 0 radical (unpaired) electrons. The van der Waals surface area contributed by atoms with Crippen molar-refractivity contribution in [1.29, 1.82) is 0 Å². The maximum absolute atomic E-state index is 5.52. The molecule has 1 N–H and O–H groups in total. The largest absolute Gasteiger partial charge is 0.376 e. The fraction of sp³-hybridized carbons (Fsp3) is 1.00. The molecule has 1 heterocycles. The van der Waals surface area contributed by atoms with Gasteiger partial charge in [0.1, 0.15) is 0 Å². The first-order valence-electron chi connectivity index (χ1n) is 5.28. The topological polar surface area (TPSA) is 24.5 Å². The van der Waals surface area contributed by atoms with E-state index in [2.05, 4.69) is 24.1 Å². The first-order valence-corrected chi connectivity index (χ1v) is 5.28. The van der Waals surface area contributed by atoms with E-state index >= 15 is 0 Å². The van der Waals surface area contributed by atoms with Crippen LogP contribution in [0.2, 0.25) is 0 Å². The van der Waals surface area contributed by atoms with Gasteiger partial charge in [-0.1, -0.05) is 6.92 Å². The predicted octanol–water partition coefficient (Wildman–Crippen LogP) is 0.705. The maximum Gasteiger partial charge on any atom is 0.0674 e. The van der Waals surface area contributed by atoms with E-state index in [4.69, 9.17) is 4.74 Å². The van der Waals surface area contributed by atoms with Gasteiger partial charge < -0.3 is 10.1 Å². The van der Waals surface area contributed by atoms with Gasteiger partial charge in [0, 0.05) is 25.7 Å². The normalized spacial score (nSPS) is 27.5. The van der Waals surface area contributed by atoms with Crippen molar-refractivity contribution in [1.82, 2.24) is 10.2 Å². The van der Waals surface area contributed by atoms with Gasteiger partial charge in [-0.05, 0) is 20.4 Å². The first-order chi connectivity index (χ1) is 6.27. The van der Waals surface area contributed by atoms with E-state index in [-0.39, 0.29) is 0 Å². The maximum atomic E-state index is 5.52. The number of hydrogen-bond donors (Lipinski definition) is 1. The fourth-order valence-electron chi connectivity index (χ4n) is 1.94. The summed E-state index contributed by atoms with van der Waals surface area (Å²) in [6, 6.07) is 0.677. The lowest BCUT2D eigenvalue weighted by atomic mass is 10.1. The summed E-state index contributed by atoms with van der Waals surface area (Å²) in [4.78, 5) is 2.53. The van der Waals surface area contributed by atoms with Crippen LogP contribution in [0.15, 0.2) is 0 Å². The highest BCUT2D eigenvalue weighted by Gasteiger charge is 2.22. The number of nitrogens with one attached hydrogen (secondary N) is 1. The molecule has 2 atom stereocenters. The number of hydrogen-bond acceptors (Lipinski definition) is 3. The number of morpholine rings is 1. The molecule has 1 aliphatic heterocycles. The summed E-state index contributed by atoms with van der Waals surface area (Å²) in [5.41, 5.74) is 0. The van der Waals surface area contributed by atoms with Crippen LogP contribution in [-0.4, -0.2) is 50.3 Å². The van der Waals surface area contributed by atoms with Crippen LogP contribution >= 0.6 is 0 Å². The van der Waals surface area contributed by atoms with Crippen LogP contribution < -0.4 is 5.32 Å². The second-order valence-electron chi connectivity index (χ2n) is 3.80. The molecule has 3 heteroatoms. The van der Waals surface area contributed by atoms with Gasteiger partial charge >= 0.3 is 0 Å². The van der Waals surface area contributed by atoms with Crippen molar-refractivity contribution in [2.75, 3.05) is 33.3 Å². The van der Waals surface area contributed by atoms with Gasteiger partial charge in [-0.25, -0.2) is 0 Å². The quantitative estimate of drug-likeness (QED) is 0.699. The minimum absolute atomic E-state index is 0.402. The minimum Gasteiger partial charge on any atom is -0.376 e. The molecule has 0 aliphatic carbocycles. The number of ether oxygens (including phenoxy) is 1. The van der Waals surface area contributed by atoms with Crippen LogP contribution in [0, 0.1) is 0 Å². The summed E-state index contributed by atoms with van der Waals surface area (Å²) < 4.78 is 5.52. The lowest BCUT2D eigenvalue weighted by molar-refractivity contribution is -0.0340. The Hall–Kier alpha value is -0.120. The van der Waals surface area contributed by atoms with Crippen molar-refractivity contribution < 1.29 is 4.74 Å². The third-order valence-corrected chi connectivity index (χ3v) is 2.70. The second kappa shape index (κ2) is 5.58. The lowest BCUT2D eigenvalue weighted by Crippen LogP contribution is -2.49. The summed E-state index contributed by atoms with van der Waals surface area (Å²) in [6.45, 7) is 8.55. The van der Waals surface area contributed by atoms with E-state index in [1.54, 1.807) is 0 Å². The number of nitrogens with zero attached hydrogens (tertiary/aromatic N) is 1. The standard InChI is InChI=1S/C10H22N2O/c1-4-10(7-11-3)12-5-6-13-9(2)8-12/h9-11H,4-8H2,1-3H3. The minimum atomic E-state index is 0.402. The Morgan fingerprint density at radius 3 is 2.92 bits per heavy atom. The molecule has 0 saturated carbocycles. The molecule has 0 aromatic carbocycles. The van der Waals surface area contributed by atoms with E-state index in [0.29, 0.717) is 12.1 Å². The highest BCUT2D eigenvalue weighted by atomic mass is 16.5. The SMILES string of the molecule is CCC(CNC)N1CCOC(C)C1. The van der Waals surface area contributed by atoms with Gasteiger partial charge in [-0.3, -0.25) is 4.90 Å². The number of rotatable bonds is 4. The van der Waals surface area contributed by atoms with E-state index in [1.165, 1.54) is 6.42 Å². The average Bonchev–Trinajstić information content (AvgIpc) is 2.14. The molecule has 13 heavy (non-hydrogen) atoms. The molecular formula is C10H22N2O. The van der Waals surface area contributed by atoms with E-state index in [9.17, 15) is 0 Å². The summed E-state index contributed by atoms with van der Waals surface area (Å²) in [6.07, 6.45) is 1.62. The first kappa shape index (κ1) is 11.0. The van der Waals surface area contributed by atoms with Crippen LogP contribution in [0.1, 0.15) is 20.3 Å². The second-order valence-corrected chi connectivity index (χ2v) is 3.80. The highest BCUT2D eigenvalue weighted by Crippen LogP contribution is 2.10. The zero-order valence-electron chi connectivity index (χ0n) is 9.05. The molecule has 0 aromatic heterocycles. The van der Waals surface area contributed by atoms with Gasteiger partial charge in [0.2, 0.25) is 0 Å². The zero-order valence-corrected chi connectivity index (χ0v) is 9.05. The molecular weight excluding hydrogens is 164 g/mol. The highest BCUT2D eigenvalue weighted by molar-refractivity contribution is 4.76. The van der Waals surface area contributed by atoms with Crippen molar-refractivity contribution in [3.63, 3.8) is 0 Å². The predicted molar refractivity (Wildman–Crippen MR) is 55.0 cm³/mol. The smallest absolute Gasteiger partial charge is 0.0674 e. The lowest BCUT2D eigenvalue weighted by Gasteiger charge is -2.36. The molecule has 0 bridgehead atoms. The zero-order chi connectivity index (χ0) is 9.68. The van der Waals surface area contributed by atoms with Crippen LogP contribution in [0.5, 0.6) is 0 Å². The molecule has 1 saturated heterocycles. The van der Waals surface area contributed by atoms with Gasteiger partial charge in [0.15, 0.2) is 0 Å². The Kier molecular flexibility index (Phi) is 4.70. The molecule has 0 spiro atoms. The van der Waals surface area contributed by atoms with Crippen LogP contribution in [0.25, 0.3) is 0 Å². The van der Waals surface area contributed by atoms with Crippen molar-refractivity contribution >= 4 is 0 Å². The fourth-order valence-corrected chi connectivity index (χ4v) is 1.94. The van der Waals surface area contributed by atoms with E-state index in [1.807, 2.05) is 7.05 Å². The van der Waals surface area contributed by atoms with Crippen LogP contribution in [0.3, 0.4) is 0 Å². The third-order valence-electron chi connectivity index (χ3n) is 2.70. The molecule has 1 rings (SSSR count). The summed E-state index contributed by atoms with van der Waals surface area (Å²) >= 11 is 0. The molecule has 3 nitrogen and oxygen atoms in total. The van der Waals surface area contributed by atoms with Crippen molar-refractivity contribution in [2.45, 2.75) is 32.4 Å². The van der Waals surface area contributed by atoms with Gasteiger partial charge in [-0.2, -0.15) is 0 Å². The molecule has 2 unspecified atom stereocenters.